The second-order valence-corrected chi connectivity index (χ2v) is 6.47. The summed E-state index contributed by atoms with van der Waals surface area (Å²) in [5, 5.41) is 12.3. The molecule has 0 saturated carbocycles. The van der Waals surface area contributed by atoms with Crippen molar-refractivity contribution in [2.45, 2.75) is 25.3 Å². The zero-order chi connectivity index (χ0) is 15.5. The predicted octanol–water partition coefficient (Wildman–Crippen LogP) is 4.70. The number of hydrogen-bond acceptors (Lipinski definition) is 2. The van der Waals surface area contributed by atoms with Gasteiger partial charge in [-0.15, -0.1) is 0 Å². The summed E-state index contributed by atoms with van der Waals surface area (Å²) in [5.41, 5.74) is 1.22. The van der Waals surface area contributed by atoms with Gasteiger partial charge in [-0.2, -0.15) is 0 Å². The highest BCUT2D eigenvalue weighted by Gasteiger charge is 2.30. The molecule has 22 heavy (non-hydrogen) atoms. The van der Waals surface area contributed by atoms with Gasteiger partial charge in [-0.05, 0) is 61.4 Å². The molecule has 2 aromatic carbocycles. The molecule has 3 heteroatoms. The van der Waals surface area contributed by atoms with Crippen molar-refractivity contribution in [1.29, 1.82) is 0 Å². The first kappa shape index (κ1) is 15.4. The molecule has 1 aliphatic rings. The molecule has 115 valence electrons. The summed E-state index contributed by atoms with van der Waals surface area (Å²) in [6, 6.07) is 14.8. The minimum absolute atomic E-state index is 0.00325. The largest absolute Gasteiger partial charge is 0.502 e. The van der Waals surface area contributed by atoms with Crippen LogP contribution < -0.4 is 0 Å². The second-order valence-electron chi connectivity index (χ2n) is 6.05. The minimum atomic E-state index is -0.293. The molecular formula is C19H22NOS. The van der Waals surface area contributed by atoms with Crippen LogP contribution in [0.3, 0.4) is 0 Å². The predicted molar refractivity (Wildman–Crippen MR) is 96.2 cm³/mol. The molecular weight excluding hydrogens is 290 g/mol. The lowest BCUT2D eigenvalue weighted by atomic mass is 9.88. The molecule has 2 nitrogen and oxygen atoms in total. The summed E-state index contributed by atoms with van der Waals surface area (Å²) >= 11 is 5.05. The van der Waals surface area contributed by atoms with Gasteiger partial charge in [-0.3, -0.25) is 4.90 Å². The average molecular weight is 312 g/mol. The maximum atomic E-state index is 9.90. The number of hydrogen-bond donors (Lipinski definition) is 1. The van der Waals surface area contributed by atoms with E-state index in [0.29, 0.717) is 0 Å². The van der Waals surface area contributed by atoms with Crippen molar-refractivity contribution in [3.05, 3.63) is 55.0 Å². The number of aliphatic hydroxyl groups excluding tert-OH is 1. The summed E-state index contributed by atoms with van der Waals surface area (Å²) in [6.45, 7) is 6.25. The lowest BCUT2D eigenvalue weighted by Gasteiger charge is -2.38. The van der Waals surface area contributed by atoms with Gasteiger partial charge in [0.1, 0.15) is 0 Å². The van der Waals surface area contributed by atoms with Crippen LogP contribution in [0.25, 0.3) is 10.8 Å². The fraction of sp³-hybridized carbons (Fsp3) is 0.368. The summed E-state index contributed by atoms with van der Waals surface area (Å²) < 4.78 is 0. The first-order chi connectivity index (χ1) is 10.7. The van der Waals surface area contributed by atoms with Crippen molar-refractivity contribution in [3.63, 3.8) is 0 Å². The standard InChI is InChI=1S/C19H22NOS/c1-14(19(21)22)18(20-12-5-2-6-13-20)17-11-7-9-15-8-3-4-10-16(15)17/h3-4,7-11,14,18H,1-2,5-6,12-13H2,(H,21,22). The highest BCUT2D eigenvalue weighted by molar-refractivity contribution is 7.80. The van der Waals surface area contributed by atoms with Crippen molar-refractivity contribution in [3.8, 4) is 0 Å². The topological polar surface area (TPSA) is 23.5 Å². The van der Waals surface area contributed by atoms with Crippen LogP contribution in [0.4, 0.5) is 0 Å². The van der Waals surface area contributed by atoms with E-state index >= 15 is 0 Å². The highest BCUT2D eigenvalue weighted by atomic mass is 32.1. The molecule has 1 heterocycles. The smallest absolute Gasteiger partial charge is 0.161 e. The van der Waals surface area contributed by atoms with Gasteiger partial charge >= 0.3 is 0 Å². The Morgan fingerprint density at radius 3 is 2.45 bits per heavy atom. The number of likely N-dealkylation sites (tertiary alicyclic amines) is 1. The summed E-state index contributed by atoms with van der Waals surface area (Å²) in [5.74, 6) is -0.293. The number of thiocarbonyl (C=S) groups is 1. The Morgan fingerprint density at radius 1 is 1.05 bits per heavy atom. The molecule has 1 radical (unpaired) electrons. The van der Waals surface area contributed by atoms with E-state index in [-0.39, 0.29) is 17.0 Å². The number of benzene rings is 2. The lowest BCUT2D eigenvalue weighted by Crippen LogP contribution is -2.39. The van der Waals surface area contributed by atoms with Crippen LogP contribution in [0.15, 0.2) is 42.5 Å². The van der Waals surface area contributed by atoms with Crippen LogP contribution >= 0.6 is 12.2 Å². The fourth-order valence-electron chi connectivity index (χ4n) is 3.51. The summed E-state index contributed by atoms with van der Waals surface area (Å²) in [7, 11) is 0. The molecule has 1 fully saturated rings. The Hall–Kier alpha value is -1.45. The fourth-order valence-corrected chi connectivity index (χ4v) is 3.64. The van der Waals surface area contributed by atoms with Crippen molar-refractivity contribution < 1.29 is 5.11 Å². The van der Waals surface area contributed by atoms with Crippen molar-refractivity contribution >= 4 is 28.0 Å². The molecule has 2 unspecified atom stereocenters. The van der Waals surface area contributed by atoms with Crippen LogP contribution in [0.2, 0.25) is 0 Å². The van der Waals surface area contributed by atoms with E-state index < -0.39 is 0 Å². The van der Waals surface area contributed by atoms with Crippen LogP contribution in [0, 0.1) is 12.8 Å². The normalized spacial score (nSPS) is 19.0. The molecule has 2 atom stereocenters. The van der Waals surface area contributed by atoms with Gasteiger partial charge in [0.2, 0.25) is 0 Å². The van der Waals surface area contributed by atoms with Crippen LogP contribution in [-0.2, 0) is 0 Å². The third-order valence-corrected chi connectivity index (χ3v) is 4.93. The SMILES string of the molecule is [CH2]C(C(O)=S)C(c1cccc2ccccc12)N1CCCCC1. The zero-order valence-electron chi connectivity index (χ0n) is 12.7. The van der Waals surface area contributed by atoms with E-state index in [1.807, 2.05) is 0 Å². The van der Waals surface area contributed by atoms with Gasteiger partial charge in [0.25, 0.3) is 0 Å². The van der Waals surface area contributed by atoms with E-state index in [1.165, 1.54) is 35.6 Å². The van der Waals surface area contributed by atoms with Gasteiger partial charge in [0, 0.05) is 12.0 Å². The van der Waals surface area contributed by atoms with Crippen molar-refractivity contribution in [1.82, 2.24) is 4.90 Å². The number of nitrogens with zero attached hydrogens (tertiary/aromatic N) is 1. The first-order valence-corrected chi connectivity index (χ1v) is 8.37. The van der Waals surface area contributed by atoms with Gasteiger partial charge in [-0.1, -0.05) is 48.9 Å². The first-order valence-electron chi connectivity index (χ1n) is 7.96. The van der Waals surface area contributed by atoms with Gasteiger partial charge < -0.3 is 5.11 Å². The van der Waals surface area contributed by atoms with E-state index in [0.717, 1.165) is 13.1 Å². The van der Waals surface area contributed by atoms with Crippen molar-refractivity contribution in [2.75, 3.05) is 13.1 Å². The number of rotatable bonds is 4. The quantitative estimate of drug-likeness (QED) is 0.828. The second kappa shape index (κ2) is 6.76. The number of piperidine rings is 1. The van der Waals surface area contributed by atoms with Crippen LogP contribution in [0.5, 0.6) is 0 Å². The minimum Gasteiger partial charge on any atom is -0.502 e. The molecule has 0 spiro atoms. The number of aliphatic hydroxyl groups is 1. The van der Waals surface area contributed by atoms with Crippen LogP contribution in [0.1, 0.15) is 30.9 Å². The highest BCUT2D eigenvalue weighted by Crippen LogP contribution is 2.35. The van der Waals surface area contributed by atoms with Crippen molar-refractivity contribution in [2.24, 2.45) is 5.92 Å². The maximum absolute atomic E-state index is 9.90. The monoisotopic (exact) mass is 312 g/mol. The van der Waals surface area contributed by atoms with Gasteiger partial charge in [0.05, 0.1) is 0 Å². The lowest BCUT2D eigenvalue weighted by molar-refractivity contribution is 0.146. The van der Waals surface area contributed by atoms with E-state index in [9.17, 15) is 5.11 Å². The molecule has 1 aliphatic heterocycles. The van der Waals surface area contributed by atoms with Crippen LogP contribution in [-0.4, -0.2) is 28.1 Å². The summed E-state index contributed by atoms with van der Waals surface area (Å²) in [4.78, 5) is 2.44. The third kappa shape index (κ3) is 3.01. The van der Waals surface area contributed by atoms with E-state index in [2.05, 4.69) is 54.3 Å². The molecule has 0 aliphatic carbocycles. The Labute approximate surface area is 137 Å². The van der Waals surface area contributed by atoms with Gasteiger partial charge in [0.15, 0.2) is 5.05 Å². The molecule has 2 aromatic rings. The average Bonchev–Trinajstić information content (AvgIpc) is 2.56. The van der Waals surface area contributed by atoms with E-state index in [4.69, 9.17) is 12.2 Å². The molecule has 1 N–H and O–H groups in total. The number of fused-ring (bicyclic) bond motifs is 1. The molecule has 0 aromatic heterocycles. The molecule has 0 bridgehead atoms. The van der Waals surface area contributed by atoms with Gasteiger partial charge in [-0.25, -0.2) is 0 Å². The van der Waals surface area contributed by atoms with E-state index in [1.54, 1.807) is 0 Å². The summed E-state index contributed by atoms with van der Waals surface area (Å²) in [6.07, 6.45) is 3.68. The Balaban J connectivity index is 2.08. The molecule has 0 amide bonds. The molecule has 1 saturated heterocycles. The maximum Gasteiger partial charge on any atom is 0.161 e. The third-order valence-electron chi connectivity index (χ3n) is 4.62. The Bertz CT molecular complexity index is 658. The Kier molecular flexibility index (Phi) is 4.74. The zero-order valence-corrected chi connectivity index (χ0v) is 13.6. The molecule has 3 rings (SSSR count). The Morgan fingerprint density at radius 2 is 1.73 bits per heavy atom.